The molecule has 0 aliphatic heterocycles. The maximum absolute atomic E-state index is 13.6. The molecule has 0 unspecified atom stereocenters. The molecule has 0 saturated heterocycles. The Morgan fingerprint density at radius 1 is 1.14 bits per heavy atom. The van der Waals surface area contributed by atoms with Crippen molar-refractivity contribution in [1.82, 2.24) is 15.2 Å². The summed E-state index contributed by atoms with van der Waals surface area (Å²) in [5.41, 5.74) is -0.994. The fraction of sp³-hybridized carbons (Fsp3) is 0.440. The molecule has 1 aromatic heterocycles. The highest BCUT2D eigenvalue weighted by atomic mass is 35.5. The van der Waals surface area contributed by atoms with Crippen LogP contribution in [0, 0.1) is 25.6 Å². The Hall–Kier alpha value is -3.34. The summed E-state index contributed by atoms with van der Waals surface area (Å²) in [5.74, 6) is -7.27. The summed E-state index contributed by atoms with van der Waals surface area (Å²) in [6.45, 7) is 5.07. The number of halogens is 4. The number of likely N-dealkylation sites (N-methyl/N-ethyl adjacent to an activating group) is 1. The van der Waals surface area contributed by atoms with Gasteiger partial charge in [0, 0.05) is 37.3 Å². The van der Waals surface area contributed by atoms with Gasteiger partial charge in [-0.15, -0.1) is 0 Å². The predicted molar refractivity (Wildman–Crippen MR) is 130 cm³/mol. The highest BCUT2D eigenvalue weighted by Crippen LogP contribution is 2.47. The number of alkyl halides is 2. The second-order valence-corrected chi connectivity index (χ2v) is 10.2. The molecule has 1 heterocycles. The first-order valence-electron chi connectivity index (χ1n) is 11.7. The number of rotatable bonds is 7. The van der Waals surface area contributed by atoms with E-state index in [1.807, 2.05) is 6.92 Å². The molecule has 1 aromatic carbocycles. The number of nitrogens with one attached hydrogen (secondary N) is 3. The third kappa shape index (κ3) is 4.72. The fourth-order valence-corrected chi connectivity index (χ4v) is 5.26. The van der Waals surface area contributed by atoms with Crippen molar-refractivity contribution in [3.05, 3.63) is 51.6 Å². The summed E-state index contributed by atoms with van der Waals surface area (Å²) in [6, 6.07) is 3.59. The van der Waals surface area contributed by atoms with E-state index in [1.54, 1.807) is 11.5 Å². The van der Waals surface area contributed by atoms with Crippen molar-refractivity contribution in [1.29, 1.82) is 0 Å². The fourth-order valence-electron chi connectivity index (χ4n) is 5.08. The van der Waals surface area contributed by atoms with Crippen LogP contribution < -0.4 is 16.0 Å². The van der Waals surface area contributed by atoms with Gasteiger partial charge in [0.2, 0.25) is 5.91 Å². The first-order chi connectivity index (χ1) is 17.2. The summed E-state index contributed by atoms with van der Waals surface area (Å²) in [4.78, 5) is 51.8. The second kappa shape index (κ2) is 9.20. The van der Waals surface area contributed by atoms with Crippen molar-refractivity contribution in [3.8, 4) is 0 Å². The molecule has 4 rings (SSSR count). The predicted octanol–water partition coefficient (Wildman–Crippen LogP) is 3.94. The number of hydrogen-bond donors (Lipinski definition) is 3. The monoisotopic (exact) mass is 538 g/mol. The summed E-state index contributed by atoms with van der Waals surface area (Å²) in [7, 11) is 1.25. The van der Waals surface area contributed by atoms with Crippen molar-refractivity contribution in [2.24, 2.45) is 5.92 Å². The largest absolute Gasteiger partial charge is 0.357 e. The van der Waals surface area contributed by atoms with Gasteiger partial charge in [0.1, 0.15) is 17.1 Å². The molecular formula is C25H26ClF3N4O4. The summed E-state index contributed by atoms with van der Waals surface area (Å²) in [6.07, 6.45) is -1.11. The van der Waals surface area contributed by atoms with E-state index in [0.717, 1.165) is 12.5 Å². The van der Waals surface area contributed by atoms with E-state index in [1.165, 1.54) is 26.1 Å². The van der Waals surface area contributed by atoms with Crippen LogP contribution in [0.25, 0.3) is 0 Å². The lowest BCUT2D eigenvalue weighted by molar-refractivity contribution is -0.164. The molecular weight excluding hydrogens is 513 g/mol. The van der Waals surface area contributed by atoms with Crippen molar-refractivity contribution < 1.29 is 32.3 Å². The Morgan fingerprint density at radius 3 is 2.27 bits per heavy atom. The van der Waals surface area contributed by atoms with Gasteiger partial charge in [0.25, 0.3) is 23.5 Å². The van der Waals surface area contributed by atoms with Crippen molar-refractivity contribution in [2.45, 2.75) is 57.5 Å². The number of benzene rings is 1. The van der Waals surface area contributed by atoms with Gasteiger partial charge in [-0.1, -0.05) is 18.5 Å². The van der Waals surface area contributed by atoms with Crippen LogP contribution in [-0.2, 0) is 9.59 Å². The molecule has 198 valence electrons. The molecule has 8 nitrogen and oxygen atoms in total. The van der Waals surface area contributed by atoms with Gasteiger partial charge in [0.15, 0.2) is 0 Å². The van der Waals surface area contributed by atoms with Crippen LogP contribution in [0.1, 0.15) is 64.3 Å². The van der Waals surface area contributed by atoms with E-state index in [2.05, 4.69) is 16.0 Å². The Bertz CT molecular complexity index is 1330. The van der Waals surface area contributed by atoms with Gasteiger partial charge in [-0.05, 0) is 49.9 Å². The molecule has 2 aliphatic carbocycles. The van der Waals surface area contributed by atoms with Crippen molar-refractivity contribution >= 4 is 40.8 Å². The second-order valence-electron chi connectivity index (χ2n) is 9.82. The van der Waals surface area contributed by atoms with E-state index >= 15 is 0 Å². The van der Waals surface area contributed by atoms with Gasteiger partial charge >= 0.3 is 0 Å². The number of hydrogen-bond acceptors (Lipinski definition) is 4. The number of carbonyl (C=O) groups excluding carboxylic acids is 4. The Kier molecular flexibility index (Phi) is 6.64. The molecule has 37 heavy (non-hydrogen) atoms. The molecule has 3 amide bonds. The lowest BCUT2D eigenvalue weighted by Gasteiger charge is -2.45. The minimum Gasteiger partial charge on any atom is -0.357 e. The molecule has 0 radical (unpaired) electrons. The first kappa shape index (κ1) is 26.7. The number of anilines is 1. The van der Waals surface area contributed by atoms with Gasteiger partial charge in [-0.3, -0.25) is 19.2 Å². The molecule has 2 aliphatic rings. The summed E-state index contributed by atoms with van der Waals surface area (Å²) < 4.78 is 42.5. The molecule has 2 atom stereocenters. The molecule has 0 spiro atoms. The minimum absolute atomic E-state index is 0.0444. The minimum atomic E-state index is -3.14. The summed E-state index contributed by atoms with van der Waals surface area (Å²) >= 11 is 5.81. The van der Waals surface area contributed by atoms with E-state index in [9.17, 15) is 32.3 Å². The number of Topliss-reactive ketones (excluding diaryl/α,β-unsaturated/α-hetero) is 1. The van der Waals surface area contributed by atoms with Gasteiger partial charge < -0.3 is 20.5 Å². The quantitative estimate of drug-likeness (QED) is 0.366. The third-order valence-electron chi connectivity index (χ3n) is 7.05. The van der Waals surface area contributed by atoms with E-state index in [0.29, 0.717) is 5.69 Å². The maximum atomic E-state index is 13.6. The lowest BCUT2D eigenvalue weighted by Crippen LogP contribution is -2.69. The van der Waals surface area contributed by atoms with Gasteiger partial charge in [0.05, 0.1) is 10.6 Å². The van der Waals surface area contributed by atoms with Gasteiger partial charge in [-0.25, -0.2) is 13.2 Å². The van der Waals surface area contributed by atoms with Crippen LogP contribution in [-0.4, -0.2) is 46.6 Å². The number of aromatic nitrogens is 1. The van der Waals surface area contributed by atoms with E-state index in [4.69, 9.17) is 11.6 Å². The van der Waals surface area contributed by atoms with Gasteiger partial charge in [-0.2, -0.15) is 0 Å². The standard InChI is InChI=1S/C25H26ClF3N4O4/c1-11-7-17(11)33-13(3)18(12(2)19(33)21(35)31-14-5-6-16(27)15(26)8-14)20(34)22(36)32-24(23(37)30-4)9-25(28,29)10-24/h5-6,8,11,17H,7,9-10H2,1-4H3,(H,30,37)(H,31,35)(H,32,36)/t11-,17+/m0/s1. The molecule has 2 fully saturated rings. The molecule has 0 bridgehead atoms. The first-order valence-corrected chi connectivity index (χ1v) is 12.0. The van der Waals surface area contributed by atoms with Crippen molar-refractivity contribution in [2.75, 3.05) is 12.4 Å². The van der Waals surface area contributed by atoms with E-state index < -0.39 is 53.6 Å². The number of amides is 3. The number of carbonyl (C=O) groups is 4. The molecule has 2 saturated carbocycles. The van der Waals surface area contributed by atoms with Crippen LogP contribution in [0.5, 0.6) is 0 Å². The van der Waals surface area contributed by atoms with Crippen LogP contribution in [0.2, 0.25) is 5.02 Å². The zero-order chi connectivity index (χ0) is 27.4. The molecule has 12 heteroatoms. The Labute approximate surface area is 215 Å². The normalized spacial score (nSPS) is 21.0. The van der Waals surface area contributed by atoms with Crippen molar-refractivity contribution in [3.63, 3.8) is 0 Å². The smallest absolute Gasteiger partial charge is 0.293 e. The van der Waals surface area contributed by atoms with E-state index in [-0.39, 0.29) is 39.5 Å². The SMILES string of the molecule is CNC(=O)C1(NC(=O)C(=O)c2c(C)c(C(=O)Nc3ccc(F)c(Cl)c3)n([C@@H]3C[C@@H]3C)c2C)CC(F)(F)C1. The molecule has 3 N–H and O–H groups in total. The Balaban J connectivity index is 1.67. The average molecular weight is 539 g/mol. The Morgan fingerprint density at radius 2 is 1.76 bits per heavy atom. The summed E-state index contributed by atoms with van der Waals surface area (Å²) in [5, 5.41) is 6.92. The highest BCUT2D eigenvalue weighted by Gasteiger charge is 2.62. The average Bonchev–Trinajstić information content (AvgIpc) is 3.45. The highest BCUT2D eigenvalue weighted by molar-refractivity contribution is 6.44. The van der Waals surface area contributed by atoms with Crippen LogP contribution in [0.3, 0.4) is 0 Å². The number of nitrogens with zero attached hydrogens (tertiary/aromatic N) is 1. The lowest BCUT2D eigenvalue weighted by atomic mass is 9.72. The topological polar surface area (TPSA) is 109 Å². The van der Waals surface area contributed by atoms with Crippen LogP contribution in [0.15, 0.2) is 18.2 Å². The number of ketones is 1. The maximum Gasteiger partial charge on any atom is 0.293 e. The molecule has 2 aromatic rings. The zero-order valence-electron chi connectivity index (χ0n) is 20.6. The zero-order valence-corrected chi connectivity index (χ0v) is 21.4. The van der Waals surface area contributed by atoms with Crippen LogP contribution in [0.4, 0.5) is 18.9 Å². The third-order valence-corrected chi connectivity index (χ3v) is 7.34. The van der Waals surface area contributed by atoms with Crippen LogP contribution >= 0.6 is 11.6 Å².